The van der Waals surface area contributed by atoms with Crippen molar-refractivity contribution in [3.05, 3.63) is 53.6 Å². The SMILES string of the molecule is CCOC(=O)Cc1ccc(N)c(-c2ccc(C(F)(F)F)cc2)c1. The third kappa shape index (κ3) is 4.25. The topological polar surface area (TPSA) is 52.3 Å². The van der Waals surface area contributed by atoms with Crippen molar-refractivity contribution in [3.63, 3.8) is 0 Å². The molecule has 2 aromatic rings. The number of alkyl halides is 3. The molecule has 0 spiro atoms. The molecule has 122 valence electrons. The molecule has 0 amide bonds. The van der Waals surface area contributed by atoms with Crippen LogP contribution in [0.1, 0.15) is 18.1 Å². The molecule has 0 fully saturated rings. The van der Waals surface area contributed by atoms with Gasteiger partial charge in [0, 0.05) is 11.3 Å². The van der Waals surface area contributed by atoms with Gasteiger partial charge in [0.15, 0.2) is 0 Å². The average molecular weight is 323 g/mol. The predicted octanol–water partition coefficient (Wildman–Crippen LogP) is 4.06. The van der Waals surface area contributed by atoms with Gasteiger partial charge >= 0.3 is 12.1 Å². The van der Waals surface area contributed by atoms with E-state index >= 15 is 0 Å². The maximum atomic E-state index is 12.6. The van der Waals surface area contributed by atoms with E-state index in [-0.39, 0.29) is 12.4 Å². The third-order valence-corrected chi connectivity index (χ3v) is 3.29. The number of anilines is 1. The number of carbonyl (C=O) groups is 1. The van der Waals surface area contributed by atoms with Gasteiger partial charge in [-0.15, -0.1) is 0 Å². The molecular formula is C17H16F3NO2. The number of carbonyl (C=O) groups excluding carboxylic acids is 1. The van der Waals surface area contributed by atoms with E-state index in [1.54, 1.807) is 25.1 Å². The summed E-state index contributed by atoms with van der Waals surface area (Å²) in [6.07, 6.45) is -4.29. The Balaban J connectivity index is 2.30. The van der Waals surface area contributed by atoms with E-state index in [1.165, 1.54) is 12.1 Å². The summed E-state index contributed by atoms with van der Waals surface area (Å²) in [5.41, 5.74) is 7.43. The van der Waals surface area contributed by atoms with Crippen LogP contribution in [-0.2, 0) is 22.1 Å². The maximum absolute atomic E-state index is 12.6. The molecule has 2 aromatic carbocycles. The van der Waals surface area contributed by atoms with Crippen LogP contribution in [0.2, 0.25) is 0 Å². The molecule has 0 aliphatic heterocycles. The largest absolute Gasteiger partial charge is 0.466 e. The van der Waals surface area contributed by atoms with Crippen LogP contribution in [0.5, 0.6) is 0 Å². The number of rotatable bonds is 4. The normalized spacial score (nSPS) is 11.3. The zero-order valence-electron chi connectivity index (χ0n) is 12.5. The first-order valence-corrected chi connectivity index (χ1v) is 7.03. The highest BCUT2D eigenvalue weighted by atomic mass is 19.4. The molecule has 0 saturated carbocycles. The number of halogens is 3. The Hall–Kier alpha value is -2.50. The van der Waals surface area contributed by atoms with Crippen LogP contribution in [0.15, 0.2) is 42.5 Å². The van der Waals surface area contributed by atoms with Gasteiger partial charge in [-0.05, 0) is 42.3 Å². The summed E-state index contributed by atoms with van der Waals surface area (Å²) in [5.74, 6) is -0.365. The van der Waals surface area contributed by atoms with Gasteiger partial charge in [-0.25, -0.2) is 0 Å². The van der Waals surface area contributed by atoms with Gasteiger partial charge in [-0.2, -0.15) is 13.2 Å². The second-order valence-corrected chi connectivity index (χ2v) is 4.98. The van der Waals surface area contributed by atoms with Crippen molar-refractivity contribution in [2.75, 3.05) is 12.3 Å². The first-order chi connectivity index (χ1) is 10.8. The van der Waals surface area contributed by atoms with Crippen LogP contribution in [0.4, 0.5) is 18.9 Å². The number of hydrogen-bond acceptors (Lipinski definition) is 3. The first kappa shape index (κ1) is 16.9. The molecule has 2 rings (SSSR count). The lowest BCUT2D eigenvalue weighted by molar-refractivity contribution is -0.142. The molecule has 0 bridgehead atoms. The van der Waals surface area contributed by atoms with Crippen molar-refractivity contribution < 1.29 is 22.7 Å². The van der Waals surface area contributed by atoms with Gasteiger partial charge in [-0.3, -0.25) is 4.79 Å². The van der Waals surface area contributed by atoms with E-state index in [0.29, 0.717) is 29.0 Å². The Bertz CT molecular complexity index is 694. The summed E-state index contributed by atoms with van der Waals surface area (Å²) < 4.78 is 42.7. The molecule has 0 atom stereocenters. The third-order valence-electron chi connectivity index (χ3n) is 3.29. The standard InChI is InChI=1S/C17H16F3NO2/c1-2-23-16(22)10-11-3-8-15(21)14(9-11)12-4-6-13(7-5-12)17(18,19)20/h3-9H,2,10,21H2,1H3. The van der Waals surface area contributed by atoms with Crippen LogP contribution in [-0.4, -0.2) is 12.6 Å². The fourth-order valence-corrected chi connectivity index (χ4v) is 2.18. The van der Waals surface area contributed by atoms with E-state index in [2.05, 4.69) is 0 Å². The molecule has 3 nitrogen and oxygen atoms in total. The van der Waals surface area contributed by atoms with Gasteiger partial charge in [0.25, 0.3) is 0 Å². The molecular weight excluding hydrogens is 307 g/mol. The summed E-state index contributed by atoms with van der Waals surface area (Å²) in [5, 5.41) is 0. The minimum atomic E-state index is -4.38. The molecule has 0 unspecified atom stereocenters. The highest BCUT2D eigenvalue weighted by Crippen LogP contribution is 2.32. The number of nitrogens with two attached hydrogens (primary N) is 1. The molecule has 0 radical (unpaired) electrons. The van der Waals surface area contributed by atoms with E-state index in [9.17, 15) is 18.0 Å². The molecule has 0 aliphatic rings. The minimum absolute atomic E-state index is 0.0851. The average Bonchev–Trinajstić information content (AvgIpc) is 2.49. The predicted molar refractivity (Wildman–Crippen MR) is 81.6 cm³/mol. The Morgan fingerprint density at radius 3 is 2.35 bits per heavy atom. The second kappa shape index (κ2) is 6.73. The summed E-state index contributed by atoms with van der Waals surface area (Å²) in [6.45, 7) is 2.01. The van der Waals surface area contributed by atoms with E-state index in [0.717, 1.165) is 12.1 Å². The summed E-state index contributed by atoms with van der Waals surface area (Å²) in [7, 11) is 0. The Labute approximate surface area is 131 Å². The maximum Gasteiger partial charge on any atom is 0.416 e. The smallest absolute Gasteiger partial charge is 0.416 e. The zero-order chi connectivity index (χ0) is 17.0. The van der Waals surface area contributed by atoms with Crippen LogP contribution in [0, 0.1) is 0 Å². The van der Waals surface area contributed by atoms with Crippen LogP contribution >= 0.6 is 0 Å². The van der Waals surface area contributed by atoms with Crippen LogP contribution in [0.25, 0.3) is 11.1 Å². The summed E-state index contributed by atoms with van der Waals surface area (Å²) in [6, 6.07) is 9.75. The summed E-state index contributed by atoms with van der Waals surface area (Å²) >= 11 is 0. The lowest BCUT2D eigenvalue weighted by Gasteiger charge is -2.11. The van der Waals surface area contributed by atoms with Gasteiger partial charge in [0.05, 0.1) is 18.6 Å². The molecule has 0 aliphatic carbocycles. The van der Waals surface area contributed by atoms with Gasteiger partial charge in [0.1, 0.15) is 0 Å². The number of ether oxygens (including phenoxy) is 1. The molecule has 0 saturated heterocycles. The first-order valence-electron chi connectivity index (χ1n) is 7.03. The van der Waals surface area contributed by atoms with Crippen molar-refractivity contribution >= 4 is 11.7 Å². The lowest BCUT2D eigenvalue weighted by Crippen LogP contribution is -2.08. The molecule has 23 heavy (non-hydrogen) atoms. The van der Waals surface area contributed by atoms with Crippen molar-refractivity contribution in [2.24, 2.45) is 0 Å². The van der Waals surface area contributed by atoms with Gasteiger partial charge < -0.3 is 10.5 Å². The quantitative estimate of drug-likeness (QED) is 0.682. The Morgan fingerprint density at radius 2 is 1.78 bits per heavy atom. The monoisotopic (exact) mass is 323 g/mol. The molecule has 0 aromatic heterocycles. The number of benzene rings is 2. The van der Waals surface area contributed by atoms with E-state index < -0.39 is 11.7 Å². The Morgan fingerprint density at radius 1 is 1.13 bits per heavy atom. The second-order valence-electron chi connectivity index (χ2n) is 4.98. The van der Waals surface area contributed by atoms with Crippen molar-refractivity contribution in [2.45, 2.75) is 19.5 Å². The highest BCUT2D eigenvalue weighted by Gasteiger charge is 2.30. The van der Waals surface area contributed by atoms with Crippen LogP contribution < -0.4 is 5.73 Å². The fourth-order valence-electron chi connectivity index (χ4n) is 2.18. The fraction of sp³-hybridized carbons (Fsp3) is 0.235. The van der Waals surface area contributed by atoms with Gasteiger partial charge in [0.2, 0.25) is 0 Å². The van der Waals surface area contributed by atoms with Crippen molar-refractivity contribution in [1.29, 1.82) is 0 Å². The molecule has 2 N–H and O–H groups in total. The van der Waals surface area contributed by atoms with Crippen LogP contribution in [0.3, 0.4) is 0 Å². The zero-order valence-corrected chi connectivity index (χ0v) is 12.5. The number of nitrogen functional groups attached to an aromatic ring is 1. The molecule has 0 heterocycles. The van der Waals surface area contributed by atoms with E-state index in [4.69, 9.17) is 10.5 Å². The lowest BCUT2D eigenvalue weighted by atomic mass is 9.99. The number of hydrogen-bond donors (Lipinski definition) is 1. The van der Waals surface area contributed by atoms with Crippen molar-refractivity contribution in [1.82, 2.24) is 0 Å². The summed E-state index contributed by atoms with van der Waals surface area (Å²) in [4.78, 5) is 11.5. The van der Waals surface area contributed by atoms with Gasteiger partial charge in [-0.1, -0.05) is 18.2 Å². The Kier molecular flexibility index (Phi) is 4.93. The minimum Gasteiger partial charge on any atom is -0.466 e. The van der Waals surface area contributed by atoms with E-state index in [1.807, 2.05) is 0 Å². The number of esters is 1. The highest BCUT2D eigenvalue weighted by molar-refractivity contribution is 5.79. The molecule has 6 heteroatoms. The van der Waals surface area contributed by atoms with Crippen molar-refractivity contribution in [3.8, 4) is 11.1 Å².